The van der Waals surface area contributed by atoms with Crippen molar-refractivity contribution in [2.24, 2.45) is 5.73 Å². The van der Waals surface area contributed by atoms with Crippen LogP contribution < -0.4 is 5.73 Å². The average Bonchev–Trinajstić information content (AvgIpc) is 2.29. The lowest BCUT2D eigenvalue weighted by Crippen LogP contribution is -2.43. The van der Waals surface area contributed by atoms with Gasteiger partial charge in [0.2, 0.25) is 0 Å². The molecule has 2 unspecified atom stereocenters. The molecule has 0 aliphatic carbocycles. The van der Waals surface area contributed by atoms with Gasteiger partial charge in [-0.2, -0.15) is 0 Å². The summed E-state index contributed by atoms with van der Waals surface area (Å²) in [7, 11) is 0. The van der Waals surface area contributed by atoms with Crippen LogP contribution in [0.3, 0.4) is 0 Å². The molecule has 88 valence electrons. The fourth-order valence-corrected chi connectivity index (χ4v) is 2.24. The summed E-state index contributed by atoms with van der Waals surface area (Å²) in [5, 5.41) is 0. The second-order valence-corrected chi connectivity index (χ2v) is 4.31. The van der Waals surface area contributed by atoms with Crippen LogP contribution in [0.25, 0.3) is 0 Å². The molecule has 0 aromatic carbocycles. The normalized spacial score (nSPS) is 30.3. The largest absolute Gasteiger partial charge is 0.369 e. The zero-order valence-electron chi connectivity index (χ0n) is 9.45. The van der Waals surface area contributed by atoms with Gasteiger partial charge in [-0.05, 0) is 31.4 Å². The molecule has 1 aromatic heterocycles. The highest BCUT2D eigenvalue weighted by molar-refractivity contribution is 5.15. The van der Waals surface area contributed by atoms with Gasteiger partial charge in [-0.25, -0.2) is 4.39 Å². The van der Waals surface area contributed by atoms with Crippen molar-refractivity contribution < 1.29 is 9.13 Å². The predicted molar refractivity (Wildman–Crippen MR) is 59.3 cm³/mol. The third-order valence-electron chi connectivity index (χ3n) is 3.22. The summed E-state index contributed by atoms with van der Waals surface area (Å²) in [5.41, 5.74) is 6.33. The van der Waals surface area contributed by atoms with Gasteiger partial charge in [0.25, 0.3) is 0 Å². The Labute approximate surface area is 94.8 Å². The molecule has 0 bridgehead atoms. The SMILES string of the molecule is CCC1(c2ccc(F)cn2)CC(N)CCO1. The maximum atomic E-state index is 12.8. The second kappa shape index (κ2) is 4.47. The Morgan fingerprint density at radius 3 is 3.00 bits per heavy atom. The third kappa shape index (κ3) is 2.08. The maximum Gasteiger partial charge on any atom is 0.141 e. The van der Waals surface area contributed by atoms with E-state index in [2.05, 4.69) is 4.98 Å². The number of aromatic nitrogens is 1. The summed E-state index contributed by atoms with van der Waals surface area (Å²) in [6.45, 7) is 2.69. The summed E-state index contributed by atoms with van der Waals surface area (Å²) >= 11 is 0. The molecule has 2 N–H and O–H groups in total. The Morgan fingerprint density at radius 2 is 2.44 bits per heavy atom. The lowest BCUT2D eigenvalue weighted by Gasteiger charge is -2.38. The van der Waals surface area contributed by atoms with Crippen LogP contribution in [0.1, 0.15) is 31.9 Å². The van der Waals surface area contributed by atoms with E-state index in [4.69, 9.17) is 10.5 Å². The second-order valence-electron chi connectivity index (χ2n) is 4.31. The molecule has 0 spiro atoms. The van der Waals surface area contributed by atoms with E-state index in [1.165, 1.54) is 12.3 Å². The summed E-state index contributed by atoms with van der Waals surface area (Å²) in [6.07, 6.45) is 3.67. The molecule has 0 amide bonds. The Morgan fingerprint density at radius 1 is 1.62 bits per heavy atom. The fraction of sp³-hybridized carbons (Fsp3) is 0.583. The van der Waals surface area contributed by atoms with Gasteiger partial charge in [0.15, 0.2) is 0 Å². The van der Waals surface area contributed by atoms with Crippen molar-refractivity contribution in [3.63, 3.8) is 0 Å². The Bertz CT molecular complexity index is 355. The molecule has 0 saturated carbocycles. The van der Waals surface area contributed by atoms with Crippen LogP contribution in [-0.2, 0) is 10.3 Å². The number of hydrogen-bond donors (Lipinski definition) is 1. The first-order valence-corrected chi connectivity index (χ1v) is 5.68. The van der Waals surface area contributed by atoms with Gasteiger partial charge in [-0.1, -0.05) is 6.92 Å². The molecule has 1 aliphatic rings. The van der Waals surface area contributed by atoms with E-state index in [1.54, 1.807) is 6.07 Å². The first-order valence-electron chi connectivity index (χ1n) is 5.68. The van der Waals surface area contributed by atoms with Gasteiger partial charge in [0.05, 0.1) is 11.9 Å². The highest BCUT2D eigenvalue weighted by Crippen LogP contribution is 2.36. The molecule has 1 saturated heterocycles. The van der Waals surface area contributed by atoms with E-state index >= 15 is 0 Å². The molecule has 4 heteroatoms. The highest BCUT2D eigenvalue weighted by atomic mass is 19.1. The topological polar surface area (TPSA) is 48.1 Å². The lowest BCUT2D eigenvalue weighted by atomic mass is 9.85. The van der Waals surface area contributed by atoms with Crippen LogP contribution >= 0.6 is 0 Å². The predicted octanol–water partition coefficient (Wildman–Crippen LogP) is 1.96. The monoisotopic (exact) mass is 224 g/mol. The summed E-state index contributed by atoms with van der Waals surface area (Å²) in [5.74, 6) is -0.324. The van der Waals surface area contributed by atoms with Gasteiger partial charge < -0.3 is 10.5 Å². The molecule has 1 aromatic rings. The van der Waals surface area contributed by atoms with Gasteiger partial charge in [0, 0.05) is 12.6 Å². The van der Waals surface area contributed by atoms with Gasteiger partial charge in [-0.15, -0.1) is 0 Å². The summed E-state index contributed by atoms with van der Waals surface area (Å²) < 4.78 is 18.7. The van der Waals surface area contributed by atoms with E-state index in [1.807, 2.05) is 6.92 Å². The van der Waals surface area contributed by atoms with Crippen molar-refractivity contribution in [1.29, 1.82) is 0 Å². The van der Waals surface area contributed by atoms with Gasteiger partial charge >= 0.3 is 0 Å². The Kier molecular flexibility index (Phi) is 3.21. The van der Waals surface area contributed by atoms with Crippen molar-refractivity contribution >= 4 is 0 Å². The van der Waals surface area contributed by atoms with Crippen LogP contribution in [0.4, 0.5) is 4.39 Å². The minimum atomic E-state index is -0.425. The van der Waals surface area contributed by atoms with Crippen LogP contribution in [0.5, 0.6) is 0 Å². The number of nitrogens with zero attached hydrogens (tertiary/aromatic N) is 1. The smallest absolute Gasteiger partial charge is 0.141 e. The van der Waals surface area contributed by atoms with Crippen LogP contribution in [0, 0.1) is 5.82 Å². The van der Waals surface area contributed by atoms with Crippen molar-refractivity contribution in [3.05, 3.63) is 29.8 Å². The molecule has 3 nitrogen and oxygen atoms in total. The van der Waals surface area contributed by atoms with E-state index in [0.29, 0.717) is 6.61 Å². The molecule has 1 aliphatic heterocycles. The van der Waals surface area contributed by atoms with Crippen molar-refractivity contribution in [3.8, 4) is 0 Å². The molecule has 2 atom stereocenters. The Hall–Kier alpha value is -1.00. The van der Waals surface area contributed by atoms with E-state index in [9.17, 15) is 4.39 Å². The molecular formula is C12H17FN2O. The van der Waals surface area contributed by atoms with Gasteiger partial charge in [-0.3, -0.25) is 4.98 Å². The van der Waals surface area contributed by atoms with E-state index < -0.39 is 5.60 Å². The number of nitrogens with two attached hydrogens (primary N) is 1. The minimum absolute atomic E-state index is 0.139. The number of halogens is 1. The molecule has 2 heterocycles. The standard InChI is InChI=1S/C12H17FN2O/c1-2-12(7-10(14)5-6-16-12)11-4-3-9(13)8-15-11/h3-4,8,10H,2,5-7,14H2,1H3. The van der Waals surface area contributed by atoms with E-state index in [-0.39, 0.29) is 11.9 Å². The number of rotatable bonds is 2. The summed E-state index contributed by atoms with van der Waals surface area (Å²) in [4.78, 5) is 4.12. The molecular weight excluding hydrogens is 207 g/mol. The van der Waals surface area contributed by atoms with Crippen LogP contribution in [-0.4, -0.2) is 17.6 Å². The number of pyridine rings is 1. The molecule has 0 radical (unpaired) electrons. The zero-order valence-corrected chi connectivity index (χ0v) is 9.45. The first kappa shape index (κ1) is 11.5. The molecule has 1 fully saturated rings. The van der Waals surface area contributed by atoms with Crippen LogP contribution in [0.15, 0.2) is 18.3 Å². The van der Waals surface area contributed by atoms with Crippen molar-refractivity contribution in [2.75, 3.05) is 6.61 Å². The van der Waals surface area contributed by atoms with Gasteiger partial charge in [0.1, 0.15) is 11.4 Å². The maximum absolute atomic E-state index is 12.8. The average molecular weight is 224 g/mol. The van der Waals surface area contributed by atoms with E-state index in [0.717, 1.165) is 25.0 Å². The lowest BCUT2D eigenvalue weighted by molar-refractivity contribution is -0.0953. The Balaban J connectivity index is 2.29. The highest BCUT2D eigenvalue weighted by Gasteiger charge is 2.37. The molecule has 16 heavy (non-hydrogen) atoms. The zero-order chi connectivity index (χ0) is 11.6. The number of ether oxygens (including phenoxy) is 1. The minimum Gasteiger partial charge on any atom is -0.369 e. The fourth-order valence-electron chi connectivity index (χ4n) is 2.24. The van der Waals surface area contributed by atoms with Crippen LogP contribution in [0.2, 0.25) is 0 Å². The van der Waals surface area contributed by atoms with Crippen molar-refractivity contribution in [2.45, 2.75) is 37.8 Å². The third-order valence-corrected chi connectivity index (χ3v) is 3.22. The quantitative estimate of drug-likeness (QED) is 0.835. The first-order chi connectivity index (χ1) is 7.66. The molecule has 2 rings (SSSR count). The number of hydrogen-bond acceptors (Lipinski definition) is 3. The summed E-state index contributed by atoms with van der Waals surface area (Å²) in [6, 6.07) is 3.25. The van der Waals surface area contributed by atoms with Crippen molar-refractivity contribution in [1.82, 2.24) is 4.98 Å².